The van der Waals surface area contributed by atoms with Gasteiger partial charge in [0.05, 0.1) is 12.6 Å². The molecule has 19 heavy (non-hydrogen) atoms. The lowest BCUT2D eigenvalue weighted by molar-refractivity contribution is -0.147. The second-order valence-electron chi connectivity index (χ2n) is 3.90. The van der Waals surface area contributed by atoms with Crippen LogP contribution in [0.5, 0.6) is 0 Å². The SMILES string of the molecule is Cn1cc(C(NC(=O)CCC(F)(F)F)C(=O)O)cn1. The summed E-state index contributed by atoms with van der Waals surface area (Å²) in [6.45, 7) is 0. The van der Waals surface area contributed by atoms with Crippen molar-refractivity contribution in [3.8, 4) is 0 Å². The minimum atomic E-state index is -4.45. The highest BCUT2D eigenvalue weighted by atomic mass is 19.4. The summed E-state index contributed by atoms with van der Waals surface area (Å²) < 4.78 is 37.1. The van der Waals surface area contributed by atoms with Crippen LogP contribution in [0.15, 0.2) is 12.4 Å². The number of carbonyl (C=O) groups is 2. The number of aryl methyl sites for hydroxylation is 1. The third kappa shape index (κ3) is 4.98. The van der Waals surface area contributed by atoms with Crippen LogP contribution in [-0.2, 0) is 16.6 Å². The van der Waals surface area contributed by atoms with Crippen molar-refractivity contribution in [1.82, 2.24) is 15.1 Å². The van der Waals surface area contributed by atoms with Crippen molar-refractivity contribution in [3.63, 3.8) is 0 Å². The summed E-state index contributed by atoms with van der Waals surface area (Å²) >= 11 is 0. The van der Waals surface area contributed by atoms with Gasteiger partial charge >= 0.3 is 12.1 Å². The topological polar surface area (TPSA) is 84.2 Å². The Morgan fingerprint density at radius 1 is 1.53 bits per heavy atom. The van der Waals surface area contributed by atoms with Crippen molar-refractivity contribution in [1.29, 1.82) is 0 Å². The molecule has 1 aromatic heterocycles. The van der Waals surface area contributed by atoms with Crippen LogP contribution >= 0.6 is 0 Å². The zero-order valence-electron chi connectivity index (χ0n) is 9.94. The van der Waals surface area contributed by atoms with Crippen LogP contribution < -0.4 is 5.32 Å². The molecule has 0 bridgehead atoms. The fraction of sp³-hybridized carbons (Fsp3) is 0.500. The van der Waals surface area contributed by atoms with E-state index in [1.165, 1.54) is 17.1 Å². The predicted octanol–water partition coefficient (Wildman–Crippen LogP) is 1.00. The molecule has 0 aliphatic carbocycles. The summed E-state index contributed by atoms with van der Waals surface area (Å²) in [5.41, 5.74) is 0.190. The van der Waals surface area contributed by atoms with Gasteiger partial charge in [-0.05, 0) is 0 Å². The third-order valence-electron chi connectivity index (χ3n) is 2.25. The number of amides is 1. The molecule has 1 unspecified atom stereocenters. The van der Waals surface area contributed by atoms with E-state index in [9.17, 15) is 22.8 Å². The van der Waals surface area contributed by atoms with E-state index in [4.69, 9.17) is 5.11 Å². The molecule has 1 rings (SSSR count). The molecule has 0 spiro atoms. The second kappa shape index (κ2) is 5.72. The maximum absolute atomic E-state index is 11.9. The van der Waals surface area contributed by atoms with Gasteiger partial charge in [-0.1, -0.05) is 0 Å². The smallest absolute Gasteiger partial charge is 0.389 e. The summed E-state index contributed by atoms with van der Waals surface area (Å²) in [7, 11) is 1.55. The number of aromatic nitrogens is 2. The molecule has 0 saturated heterocycles. The average Bonchev–Trinajstić information content (AvgIpc) is 2.68. The number of nitrogens with zero attached hydrogens (tertiary/aromatic N) is 2. The molecule has 0 radical (unpaired) electrons. The van der Waals surface area contributed by atoms with Crippen LogP contribution in [-0.4, -0.2) is 32.9 Å². The van der Waals surface area contributed by atoms with Gasteiger partial charge in [0.1, 0.15) is 0 Å². The molecule has 1 heterocycles. The van der Waals surface area contributed by atoms with Gasteiger partial charge in [0.15, 0.2) is 6.04 Å². The number of aliphatic carboxylic acids is 1. The molecule has 0 saturated carbocycles. The summed E-state index contributed by atoms with van der Waals surface area (Å²) in [6, 6.07) is -1.41. The minimum Gasteiger partial charge on any atom is -0.479 e. The Morgan fingerprint density at radius 3 is 2.58 bits per heavy atom. The van der Waals surface area contributed by atoms with Gasteiger partial charge in [-0.3, -0.25) is 9.48 Å². The van der Waals surface area contributed by atoms with E-state index in [0.717, 1.165) is 0 Å². The second-order valence-corrected chi connectivity index (χ2v) is 3.90. The van der Waals surface area contributed by atoms with Crippen LogP contribution in [0.4, 0.5) is 13.2 Å². The fourth-order valence-corrected chi connectivity index (χ4v) is 1.37. The Morgan fingerprint density at radius 2 is 2.16 bits per heavy atom. The number of halogens is 3. The summed E-state index contributed by atoms with van der Waals surface area (Å²) in [6.07, 6.45) is -3.97. The van der Waals surface area contributed by atoms with Crippen LogP contribution in [0, 0.1) is 0 Å². The summed E-state index contributed by atoms with van der Waals surface area (Å²) in [5.74, 6) is -2.35. The number of hydrogen-bond donors (Lipinski definition) is 2. The summed E-state index contributed by atoms with van der Waals surface area (Å²) in [4.78, 5) is 22.3. The third-order valence-corrected chi connectivity index (χ3v) is 2.25. The van der Waals surface area contributed by atoms with Crippen molar-refractivity contribution in [2.45, 2.75) is 25.1 Å². The molecule has 1 aromatic rings. The quantitative estimate of drug-likeness (QED) is 0.842. The van der Waals surface area contributed by atoms with Crippen LogP contribution in [0.3, 0.4) is 0 Å². The maximum atomic E-state index is 11.9. The van der Waals surface area contributed by atoms with Crippen molar-refractivity contribution in [2.75, 3.05) is 0 Å². The van der Waals surface area contributed by atoms with E-state index in [0.29, 0.717) is 0 Å². The molecule has 6 nitrogen and oxygen atoms in total. The molecule has 0 fully saturated rings. The number of alkyl halides is 3. The molecule has 1 amide bonds. The lowest BCUT2D eigenvalue weighted by Crippen LogP contribution is -2.34. The van der Waals surface area contributed by atoms with Crippen molar-refractivity contribution >= 4 is 11.9 Å². The summed E-state index contributed by atoms with van der Waals surface area (Å²) in [5, 5.41) is 14.7. The van der Waals surface area contributed by atoms with E-state index in [-0.39, 0.29) is 5.56 Å². The average molecular weight is 279 g/mol. The maximum Gasteiger partial charge on any atom is 0.389 e. The van der Waals surface area contributed by atoms with Gasteiger partial charge in [-0.15, -0.1) is 0 Å². The van der Waals surface area contributed by atoms with Crippen LogP contribution in [0.2, 0.25) is 0 Å². The van der Waals surface area contributed by atoms with Gasteiger partial charge in [-0.2, -0.15) is 18.3 Å². The Hall–Kier alpha value is -2.06. The number of nitrogens with one attached hydrogen (secondary N) is 1. The Labute approximate surface area is 106 Å². The van der Waals surface area contributed by atoms with E-state index >= 15 is 0 Å². The van der Waals surface area contributed by atoms with E-state index in [1.807, 2.05) is 5.32 Å². The first-order chi connectivity index (χ1) is 8.69. The fourth-order valence-electron chi connectivity index (χ4n) is 1.37. The molecule has 1 atom stereocenters. The number of rotatable bonds is 5. The Bertz CT molecular complexity index is 470. The normalized spacial score (nSPS) is 13.1. The van der Waals surface area contributed by atoms with Crippen molar-refractivity contribution in [3.05, 3.63) is 18.0 Å². The van der Waals surface area contributed by atoms with E-state index in [1.54, 1.807) is 7.05 Å². The first-order valence-corrected chi connectivity index (χ1v) is 5.26. The number of carboxylic acids is 1. The van der Waals surface area contributed by atoms with Crippen LogP contribution in [0.25, 0.3) is 0 Å². The zero-order valence-corrected chi connectivity index (χ0v) is 9.94. The standard InChI is InChI=1S/C10H12F3N3O3/c1-16-5-6(4-14-16)8(9(18)19)15-7(17)2-3-10(11,12)13/h4-5,8H,2-3H2,1H3,(H,15,17)(H,18,19). The number of hydrogen-bond acceptors (Lipinski definition) is 3. The lowest BCUT2D eigenvalue weighted by atomic mass is 10.1. The molecule has 0 aliphatic heterocycles. The Kier molecular flexibility index (Phi) is 4.52. The van der Waals surface area contributed by atoms with Crippen molar-refractivity contribution in [2.24, 2.45) is 7.05 Å². The molecular weight excluding hydrogens is 267 g/mol. The molecule has 0 aliphatic rings. The predicted molar refractivity (Wildman–Crippen MR) is 57.0 cm³/mol. The highest BCUT2D eigenvalue weighted by molar-refractivity contribution is 5.84. The molecule has 2 N–H and O–H groups in total. The van der Waals surface area contributed by atoms with Crippen molar-refractivity contribution < 1.29 is 27.9 Å². The molecular formula is C10H12F3N3O3. The number of carboxylic acid groups (broad SMARTS) is 1. The molecule has 0 aromatic carbocycles. The minimum absolute atomic E-state index is 0.190. The molecule has 9 heteroatoms. The van der Waals surface area contributed by atoms with E-state index in [2.05, 4.69) is 5.10 Å². The van der Waals surface area contributed by atoms with Gasteiger partial charge in [-0.25, -0.2) is 4.79 Å². The van der Waals surface area contributed by atoms with Crippen LogP contribution in [0.1, 0.15) is 24.4 Å². The monoisotopic (exact) mass is 279 g/mol. The first-order valence-electron chi connectivity index (χ1n) is 5.26. The largest absolute Gasteiger partial charge is 0.479 e. The zero-order chi connectivity index (χ0) is 14.6. The molecule has 106 valence electrons. The van der Waals surface area contributed by atoms with Gasteiger partial charge < -0.3 is 10.4 Å². The first kappa shape index (κ1) is 15.0. The van der Waals surface area contributed by atoms with E-state index < -0.39 is 36.9 Å². The highest BCUT2D eigenvalue weighted by Crippen LogP contribution is 2.21. The lowest BCUT2D eigenvalue weighted by Gasteiger charge is -2.13. The van der Waals surface area contributed by atoms with Gasteiger partial charge in [0.25, 0.3) is 0 Å². The Balaban J connectivity index is 2.65. The van der Waals surface area contributed by atoms with Gasteiger partial charge in [0, 0.05) is 25.2 Å². The number of carbonyl (C=O) groups excluding carboxylic acids is 1. The highest BCUT2D eigenvalue weighted by Gasteiger charge is 2.29. The van der Waals surface area contributed by atoms with Gasteiger partial charge in [0.2, 0.25) is 5.91 Å².